The number of aliphatic hydroxyl groups excluding tert-OH is 1. The molecule has 22 heteroatoms. The van der Waals surface area contributed by atoms with Crippen LogP contribution in [0.1, 0.15) is 102 Å². The van der Waals surface area contributed by atoms with Crippen molar-refractivity contribution in [3.63, 3.8) is 0 Å². The van der Waals surface area contributed by atoms with E-state index in [1.165, 1.54) is 28.9 Å². The number of aliphatic hydroxyl groups is 1. The van der Waals surface area contributed by atoms with Gasteiger partial charge in [-0.05, 0) is 143 Å². The second-order valence-corrected chi connectivity index (χ2v) is 19.8. The number of fused-ring (bicyclic) bond motifs is 7. The van der Waals surface area contributed by atoms with Gasteiger partial charge in [-0.15, -0.1) is 10.2 Å². The molecular weight excluding hydrogens is 1030 g/mol. The van der Waals surface area contributed by atoms with Crippen molar-refractivity contribution in [2.45, 2.75) is 72.6 Å². The molecule has 4 aromatic carbocycles. The summed E-state index contributed by atoms with van der Waals surface area (Å²) in [5.41, 5.74) is 6.01. The highest BCUT2D eigenvalue weighted by Crippen LogP contribution is 2.41. The summed E-state index contributed by atoms with van der Waals surface area (Å²) < 4.78 is 24.4. The first kappa shape index (κ1) is 55.3. The monoisotopic (exact) mass is 1100 g/mol. The minimum Gasteiger partial charge on any atom is -0.466 e. The maximum Gasteiger partial charge on any atom is 0.419 e. The number of ether oxygens (including phenoxy) is 4. The molecule has 9 rings (SSSR count). The van der Waals surface area contributed by atoms with Crippen molar-refractivity contribution in [1.82, 2.24) is 19.0 Å². The van der Waals surface area contributed by atoms with E-state index in [0.29, 0.717) is 125 Å². The summed E-state index contributed by atoms with van der Waals surface area (Å²) in [7, 11) is 1.96. The predicted molar refractivity (Wildman–Crippen MR) is 298 cm³/mol. The van der Waals surface area contributed by atoms with Gasteiger partial charge in [0, 0.05) is 80.2 Å². The van der Waals surface area contributed by atoms with Crippen molar-refractivity contribution in [1.29, 1.82) is 0 Å². The Morgan fingerprint density at radius 2 is 1.27 bits per heavy atom. The summed E-state index contributed by atoms with van der Waals surface area (Å²) in [5.74, 6) is -1.80. The van der Waals surface area contributed by atoms with Crippen LogP contribution in [0.2, 0.25) is 0 Å². The van der Waals surface area contributed by atoms with Crippen LogP contribution in [0, 0.1) is 0 Å². The van der Waals surface area contributed by atoms with Crippen molar-refractivity contribution >= 4 is 113 Å². The number of thiazole rings is 1. The molecule has 0 fully saturated rings. The van der Waals surface area contributed by atoms with Crippen LogP contribution in [-0.4, -0.2) is 132 Å². The molecule has 0 bridgehead atoms. The Kier molecular flexibility index (Phi) is 17.1. The van der Waals surface area contributed by atoms with Crippen LogP contribution in [0.15, 0.2) is 89.1 Å². The standard InChI is InChI=1S/C57H61N9O12S/c1-6-75-55(72)64(27-11-9-10-12-30-67)53(71)49-34-42-40-25-29-63(45(40)21-23-47(42)66(49)57(74)77-8-3)52(70)48-33-41-39-24-28-62(44(39)20-22-46(41)65(48)56(73)76-7-2)51(69)36-14-19-43-50(32-36)79-54(58-43)60-59-37-15-17-38(18-16-37)61(5)26-13-31-78-35(4)68/h14-23,32-34,67H,6-13,24-31H2,1-5H3. The summed E-state index contributed by atoms with van der Waals surface area (Å²) in [4.78, 5) is 106. The molecular formula is C57H61N9O12S. The van der Waals surface area contributed by atoms with E-state index in [-0.39, 0.29) is 62.8 Å². The first-order chi connectivity index (χ1) is 38.3. The minimum atomic E-state index is -0.862. The summed E-state index contributed by atoms with van der Waals surface area (Å²) in [5, 5.41) is 19.5. The van der Waals surface area contributed by atoms with Crippen LogP contribution in [-0.2, 0) is 36.6 Å². The fourth-order valence-electron chi connectivity index (χ4n) is 10.1. The lowest BCUT2D eigenvalue weighted by atomic mass is 10.1. The van der Waals surface area contributed by atoms with Crippen LogP contribution in [0.5, 0.6) is 0 Å². The smallest absolute Gasteiger partial charge is 0.419 e. The van der Waals surface area contributed by atoms with Crippen LogP contribution in [0.4, 0.5) is 42.3 Å². The lowest BCUT2D eigenvalue weighted by Crippen LogP contribution is -2.39. The average molecular weight is 1100 g/mol. The van der Waals surface area contributed by atoms with Crippen molar-refractivity contribution < 1.29 is 57.6 Å². The van der Waals surface area contributed by atoms with E-state index < -0.39 is 30.1 Å². The molecule has 5 heterocycles. The van der Waals surface area contributed by atoms with Gasteiger partial charge in [-0.1, -0.05) is 24.2 Å². The van der Waals surface area contributed by atoms with Crippen LogP contribution in [0.3, 0.4) is 0 Å². The van der Waals surface area contributed by atoms with E-state index in [0.717, 1.165) is 25.4 Å². The number of carbonyl (C=O) groups is 7. The lowest BCUT2D eigenvalue weighted by molar-refractivity contribution is -0.141. The molecule has 0 atom stereocenters. The van der Waals surface area contributed by atoms with Gasteiger partial charge >= 0.3 is 24.2 Å². The van der Waals surface area contributed by atoms with E-state index >= 15 is 0 Å². The molecule has 79 heavy (non-hydrogen) atoms. The minimum absolute atomic E-state index is 0.0132. The maximum atomic E-state index is 15.0. The Bertz CT molecular complexity index is 3530. The molecule has 0 unspecified atom stereocenters. The Morgan fingerprint density at radius 1 is 0.658 bits per heavy atom. The quantitative estimate of drug-likeness (QED) is 0.0343. The average Bonchev–Trinajstić information content (AvgIpc) is 4.46. The number of nitrogens with zero attached hydrogens (tertiary/aromatic N) is 9. The Labute approximate surface area is 458 Å². The topological polar surface area (TPSA) is 237 Å². The van der Waals surface area contributed by atoms with Crippen LogP contribution >= 0.6 is 11.3 Å². The number of azo groups is 1. The Morgan fingerprint density at radius 3 is 1.89 bits per heavy atom. The molecule has 3 aromatic heterocycles. The number of unbranched alkanes of at least 4 members (excludes halogenated alkanes) is 3. The predicted octanol–water partition coefficient (Wildman–Crippen LogP) is 10.6. The van der Waals surface area contributed by atoms with Crippen molar-refractivity contribution in [3.8, 4) is 0 Å². The zero-order valence-corrected chi connectivity index (χ0v) is 45.5. The second-order valence-electron chi connectivity index (χ2n) is 18.8. The number of esters is 1. The van der Waals surface area contributed by atoms with Gasteiger partial charge in [-0.3, -0.25) is 19.2 Å². The summed E-state index contributed by atoms with van der Waals surface area (Å²) in [6.45, 7) is 8.07. The third kappa shape index (κ3) is 11.4. The molecule has 1 N–H and O–H groups in total. The number of imide groups is 1. The number of anilines is 3. The van der Waals surface area contributed by atoms with E-state index in [9.17, 15) is 38.7 Å². The lowest BCUT2D eigenvalue weighted by Gasteiger charge is -2.20. The SMILES string of the molecule is CCOC(=O)N(CCCCCCO)C(=O)c1cc2c3c(ccc2n1C(=O)OCC)N(C(=O)c1cc2c4c(ccc2n1C(=O)OCC)N(C(=O)c1ccc2nc(N=Nc5ccc(N(C)CCCOC(C)=O)cc5)sc2c1)CC4)CC3. The first-order valence-electron chi connectivity index (χ1n) is 26.5. The molecule has 21 nitrogen and oxygen atoms in total. The van der Waals surface area contributed by atoms with E-state index in [4.69, 9.17) is 18.9 Å². The number of amides is 4. The summed E-state index contributed by atoms with van der Waals surface area (Å²) in [6.07, 6.45) is 1.40. The van der Waals surface area contributed by atoms with E-state index in [1.54, 1.807) is 79.1 Å². The molecule has 0 saturated heterocycles. The van der Waals surface area contributed by atoms with Crippen molar-refractivity contribution in [2.75, 3.05) is 81.0 Å². The fraction of sp³-hybridized carbons (Fsp3) is 0.368. The number of rotatable bonds is 19. The number of aromatic nitrogens is 3. The number of carbonyl (C=O) groups excluding carboxylic acids is 7. The second kappa shape index (κ2) is 24.4. The molecule has 0 aliphatic carbocycles. The third-order valence-corrected chi connectivity index (χ3v) is 14.8. The van der Waals surface area contributed by atoms with Gasteiger partial charge in [0.2, 0.25) is 5.13 Å². The molecule has 7 aromatic rings. The fourth-order valence-corrected chi connectivity index (χ4v) is 11.0. The summed E-state index contributed by atoms with van der Waals surface area (Å²) >= 11 is 1.31. The number of hydrogen-bond acceptors (Lipinski definition) is 17. The molecule has 0 saturated carbocycles. The zero-order valence-electron chi connectivity index (χ0n) is 44.7. The largest absolute Gasteiger partial charge is 0.466 e. The van der Waals surface area contributed by atoms with Gasteiger partial charge in [0.05, 0.1) is 53.4 Å². The Hall–Kier alpha value is -8.50. The van der Waals surface area contributed by atoms with E-state index in [1.807, 2.05) is 31.3 Å². The van der Waals surface area contributed by atoms with Gasteiger partial charge < -0.3 is 38.8 Å². The zero-order chi connectivity index (χ0) is 55.9. The highest BCUT2D eigenvalue weighted by molar-refractivity contribution is 7.21. The van der Waals surface area contributed by atoms with Crippen LogP contribution in [0.25, 0.3) is 32.0 Å². The van der Waals surface area contributed by atoms with Gasteiger partial charge in [-0.25, -0.2) is 33.4 Å². The van der Waals surface area contributed by atoms with Crippen molar-refractivity contribution in [2.24, 2.45) is 10.2 Å². The molecule has 2 aliphatic rings. The maximum absolute atomic E-state index is 15.0. The van der Waals surface area contributed by atoms with Crippen molar-refractivity contribution in [3.05, 3.63) is 107 Å². The van der Waals surface area contributed by atoms with E-state index in [2.05, 4.69) is 20.1 Å². The molecule has 4 amide bonds. The third-order valence-electron chi connectivity index (χ3n) is 13.9. The highest BCUT2D eigenvalue weighted by atomic mass is 32.1. The summed E-state index contributed by atoms with van der Waals surface area (Å²) in [6, 6.07) is 22.9. The van der Waals surface area contributed by atoms with Gasteiger partial charge in [0.1, 0.15) is 11.4 Å². The number of hydrogen-bond donors (Lipinski definition) is 1. The number of benzene rings is 4. The van der Waals surface area contributed by atoms with Crippen LogP contribution < -0.4 is 14.7 Å². The molecule has 2 aliphatic heterocycles. The molecule has 0 spiro atoms. The normalized spacial score (nSPS) is 12.8. The Balaban J connectivity index is 0.967. The highest BCUT2D eigenvalue weighted by Gasteiger charge is 2.37. The molecule has 0 radical (unpaired) electrons. The van der Waals surface area contributed by atoms with Gasteiger partial charge in [0.15, 0.2) is 0 Å². The van der Waals surface area contributed by atoms with Gasteiger partial charge in [-0.2, -0.15) is 0 Å². The van der Waals surface area contributed by atoms with Gasteiger partial charge in [0.25, 0.3) is 17.7 Å². The molecule has 412 valence electrons. The first-order valence-corrected chi connectivity index (χ1v) is 27.3.